The second kappa shape index (κ2) is 6.22. The Kier molecular flexibility index (Phi) is 3.96. The van der Waals surface area contributed by atoms with Gasteiger partial charge in [0.2, 0.25) is 11.6 Å². The highest BCUT2D eigenvalue weighted by Crippen LogP contribution is 2.14. The van der Waals surface area contributed by atoms with Crippen LogP contribution in [0.15, 0.2) is 48.8 Å². The van der Waals surface area contributed by atoms with Crippen molar-refractivity contribution in [1.82, 2.24) is 25.2 Å². The zero-order valence-electron chi connectivity index (χ0n) is 11.8. The number of carbonyl (C=O) groups is 1. The first-order valence-electron chi connectivity index (χ1n) is 6.71. The van der Waals surface area contributed by atoms with Crippen LogP contribution in [0.4, 0.5) is 4.39 Å². The smallest absolute Gasteiger partial charge is 0.244 e. The van der Waals surface area contributed by atoms with Crippen molar-refractivity contribution in [2.45, 2.75) is 6.54 Å². The van der Waals surface area contributed by atoms with E-state index >= 15 is 0 Å². The van der Waals surface area contributed by atoms with Gasteiger partial charge in [-0.3, -0.25) is 4.79 Å². The summed E-state index contributed by atoms with van der Waals surface area (Å²) in [5.41, 5.74) is 1.25. The van der Waals surface area contributed by atoms with E-state index < -0.39 is 5.78 Å². The third-order valence-electron chi connectivity index (χ3n) is 3.13. The van der Waals surface area contributed by atoms with Gasteiger partial charge in [0.15, 0.2) is 0 Å². The fourth-order valence-corrected chi connectivity index (χ4v) is 2.07. The molecular weight excluding hydrogens is 301 g/mol. The number of benzene rings is 1. The number of carbonyl (C=O) groups excluding carboxylic acids is 1. The van der Waals surface area contributed by atoms with Gasteiger partial charge in [0.05, 0.1) is 0 Å². The maximum absolute atomic E-state index is 13.2. The molecule has 0 saturated carbocycles. The Bertz CT molecular complexity index is 854. The third kappa shape index (κ3) is 3.49. The van der Waals surface area contributed by atoms with Crippen molar-refractivity contribution in [3.8, 4) is 0 Å². The molecule has 0 aliphatic rings. The number of aliphatic hydroxyl groups is 1. The average molecular weight is 313 g/mol. The number of rotatable bonds is 5. The summed E-state index contributed by atoms with van der Waals surface area (Å²) in [6, 6.07) is 7.90. The maximum Gasteiger partial charge on any atom is 0.244 e. The average Bonchev–Trinajstić information content (AvgIpc) is 3.18. The molecule has 7 nitrogen and oxygen atoms in total. The highest BCUT2D eigenvalue weighted by atomic mass is 19.1. The first-order chi connectivity index (χ1) is 11.1. The Balaban J connectivity index is 1.75. The standard InChI is InChI=1S/C15H12FN5O2/c16-12-3-1-2-10(6-12)8-21-5-4-11(9-21)13(22)7-14(23)15-17-19-20-18-15/h1-7,9,22H,8H2,(H,17,18,19,20). The molecule has 0 unspecified atom stereocenters. The predicted molar refractivity (Wildman–Crippen MR) is 79.0 cm³/mol. The molecule has 0 spiro atoms. The van der Waals surface area contributed by atoms with Gasteiger partial charge in [0, 0.05) is 30.6 Å². The molecule has 0 bridgehead atoms. The van der Waals surface area contributed by atoms with Crippen molar-refractivity contribution in [1.29, 1.82) is 0 Å². The van der Waals surface area contributed by atoms with Gasteiger partial charge in [-0.25, -0.2) is 4.39 Å². The number of tetrazole rings is 1. The minimum absolute atomic E-state index is 0.129. The Morgan fingerprint density at radius 3 is 3.00 bits per heavy atom. The molecule has 3 aromatic rings. The lowest BCUT2D eigenvalue weighted by Gasteiger charge is -2.03. The zero-order valence-corrected chi connectivity index (χ0v) is 11.8. The van der Waals surface area contributed by atoms with Crippen LogP contribution in [0.5, 0.6) is 0 Å². The molecule has 23 heavy (non-hydrogen) atoms. The third-order valence-corrected chi connectivity index (χ3v) is 3.13. The SMILES string of the molecule is O=C(C=C(O)c1ccn(Cc2cccc(F)c2)c1)c1nn[nH]n1. The lowest BCUT2D eigenvalue weighted by molar-refractivity contribution is 0.103. The van der Waals surface area contributed by atoms with Crippen LogP contribution in [0.3, 0.4) is 0 Å². The van der Waals surface area contributed by atoms with Crippen LogP contribution in [-0.4, -0.2) is 36.1 Å². The van der Waals surface area contributed by atoms with E-state index in [1.807, 2.05) is 0 Å². The van der Waals surface area contributed by atoms with E-state index in [2.05, 4.69) is 20.6 Å². The Hall–Kier alpha value is -3.29. The number of allylic oxidation sites excluding steroid dienone is 1. The molecule has 0 aliphatic heterocycles. The molecule has 2 aromatic heterocycles. The molecule has 8 heteroatoms. The Morgan fingerprint density at radius 2 is 2.26 bits per heavy atom. The molecular formula is C15H12FN5O2. The maximum atomic E-state index is 13.2. The summed E-state index contributed by atoms with van der Waals surface area (Å²) in [5.74, 6) is -1.20. The number of hydrogen-bond donors (Lipinski definition) is 2. The van der Waals surface area contributed by atoms with E-state index in [0.29, 0.717) is 12.1 Å². The predicted octanol–water partition coefficient (Wildman–Crippen LogP) is 1.97. The number of nitrogens with one attached hydrogen (secondary N) is 1. The van der Waals surface area contributed by atoms with Gasteiger partial charge < -0.3 is 9.67 Å². The highest BCUT2D eigenvalue weighted by molar-refractivity contribution is 6.05. The zero-order chi connectivity index (χ0) is 16.2. The highest BCUT2D eigenvalue weighted by Gasteiger charge is 2.11. The fraction of sp³-hybridized carbons (Fsp3) is 0.0667. The van der Waals surface area contributed by atoms with E-state index in [1.54, 1.807) is 35.2 Å². The monoisotopic (exact) mass is 313 g/mol. The van der Waals surface area contributed by atoms with Crippen LogP contribution in [0.25, 0.3) is 5.76 Å². The molecule has 0 amide bonds. The van der Waals surface area contributed by atoms with Gasteiger partial charge in [-0.05, 0) is 29.0 Å². The second-order valence-corrected chi connectivity index (χ2v) is 4.83. The molecule has 0 radical (unpaired) electrons. The minimum atomic E-state index is -0.561. The van der Waals surface area contributed by atoms with Crippen LogP contribution in [0.2, 0.25) is 0 Å². The lowest BCUT2D eigenvalue weighted by atomic mass is 10.2. The summed E-state index contributed by atoms with van der Waals surface area (Å²) in [6.45, 7) is 0.448. The van der Waals surface area contributed by atoms with E-state index in [9.17, 15) is 14.3 Å². The van der Waals surface area contributed by atoms with Gasteiger partial charge in [-0.1, -0.05) is 12.1 Å². The normalized spacial score (nSPS) is 11.6. The minimum Gasteiger partial charge on any atom is -0.507 e. The van der Waals surface area contributed by atoms with Gasteiger partial charge in [-0.2, -0.15) is 5.21 Å². The molecule has 2 heterocycles. The van der Waals surface area contributed by atoms with Crippen molar-refractivity contribution in [3.05, 3.63) is 71.6 Å². The van der Waals surface area contributed by atoms with Gasteiger partial charge in [-0.15, -0.1) is 10.2 Å². The Morgan fingerprint density at radius 1 is 1.39 bits per heavy atom. The summed E-state index contributed by atoms with van der Waals surface area (Å²) in [5, 5.41) is 22.5. The van der Waals surface area contributed by atoms with Crippen molar-refractivity contribution in [3.63, 3.8) is 0 Å². The van der Waals surface area contributed by atoms with Crippen molar-refractivity contribution < 1.29 is 14.3 Å². The van der Waals surface area contributed by atoms with Crippen molar-refractivity contribution in [2.24, 2.45) is 0 Å². The number of aromatic amines is 1. The summed E-state index contributed by atoms with van der Waals surface area (Å²) < 4.78 is 14.9. The van der Waals surface area contributed by atoms with E-state index in [4.69, 9.17) is 0 Å². The number of aromatic nitrogens is 5. The Labute approximate surface area is 130 Å². The molecule has 1 aromatic carbocycles. The summed E-state index contributed by atoms with van der Waals surface area (Å²) in [4.78, 5) is 11.8. The van der Waals surface area contributed by atoms with Crippen molar-refractivity contribution >= 4 is 11.5 Å². The van der Waals surface area contributed by atoms with Crippen LogP contribution < -0.4 is 0 Å². The number of ketones is 1. The van der Waals surface area contributed by atoms with Crippen LogP contribution in [0, 0.1) is 5.82 Å². The number of aliphatic hydroxyl groups excluding tert-OH is 1. The first kappa shape index (κ1) is 14.6. The van der Waals surface area contributed by atoms with E-state index in [0.717, 1.165) is 11.6 Å². The van der Waals surface area contributed by atoms with Gasteiger partial charge in [0.1, 0.15) is 11.6 Å². The van der Waals surface area contributed by atoms with Crippen molar-refractivity contribution in [2.75, 3.05) is 0 Å². The van der Waals surface area contributed by atoms with Crippen LogP contribution in [-0.2, 0) is 6.54 Å². The van der Waals surface area contributed by atoms with E-state index in [-0.39, 0.29) is 17.4 Å². The lowest BCUT2D eigenvalue weighted by Crippen LogP contribution is -1.99. The second-order valence-electron chi connectivity index (χ2n) is 4.83. The van der Waals surface area contributed by atoms with Gasteiger partial charge >= 0.3 is 0 Å². The molecule has 3 rings (SSSR count). The molecule has 116 valence electrons. The molecule has 2 N–H and O–H groups in total. The molecule has 0 aliphatic carbocycles. The number of halogens is 1. The van der Waals surface area contributed by atoms with Crippen LogP contribution >= 0.6 is 0 Å². The molecule has 0 saturated heterocycles. The summed E-state index contributed by atoms with van der Waals surface area (Å²) in [7, 11) is 0. The number of H-pyrrole nitrogens is 1. The van der Waals surface area contributed by atoms with Crippen LogP contribution in [0.1, 0.15) is 21.7 Å². The topological polar surface area (TPSA) is 96.7 Å². The number of hydrogen-bond acceptors (Lipinski definition) is 5. The quantitative estimate of drug-likeness (QED) is 0.426. The van der Waals surface area contributed by atoms with E-state index in [1.165, 1.54) is 12.1 Å². The van der Waals surface area contributed by atoms with Gasteiger partial charge in [0.25, 0.3) is 0 Å². The first-order valence-corrected chi connectivity index (χ1v) is 6.71. The fourth-order valence-electron chi connectivity index (χ4n) is 2.07. The molecule has 0 fully saturated rings. The largest absolute Gasteiger partial charge is 0.507 e. The summed E-state index contributed by atoms with van der Waals surface area (Å²) >= 11 is 0. The number of nitrogens with zero attached hydrogens (tertiary/aromatic N) is 4. The molecule has 0 atom stereocenters. The summed E-state index contributed by atoms with van der Waals surface area (Å²) in [6.07, 6.45) is 4.40.